The summed E-state index contributed by atoms with van der Waals surface area (Å²) in [5.41, 5.74) is 4.31. The molecule has 1 fully saturated rings. The minimum atomic E-state index is -0.197. The molecule has 2 N–H and O–H groups in total. The van der Waals surface area contributed by atoms with Gasteiger partial charge in [0.05, 0.1) is 12.2 Å². The number of quaternary nitrogens is 1. The molecule has 1 saturated carbocycles. The molecule has 1 aliphatic carbocycles. The number of nitrogens with zero attached hydrogens (tertiary/aromatic N) is 1. The Morgan fingerprint density at radius 2 is 1.77 bits per heavy atom. The Labute approximate surface area is 184 Å². The molecule has 1 aromatic heterocycles. The van der Waals surface area contributed by atoms with E-state index >= 15 is 0 Å². The Bertz CT molecular complexity index is 750. The lowest BCUT2D eigenvalue weighted by Crippen LogP contribution is -3.12. The van der Waals surface area contributed by atoms with Crippen molar-refractivity contribution in [3.8, 4) is 0 Å². The molecule has 0 amide bonds. The minimum absolute atomic E-state index is 0.195. The van der Waals surface area contributed by atoms with E-state index in [0.29, 0.717) is 0 Å². The van der Waals surface area contributed by atoms with Crippen molar-refractivity contribution in [2.45, 2.75) is 90.8 Å². The lowest BCUT2D eigenvalue weighted by molar-refractivity contribution is -0.920. The Morgan fingerprint density at radius 1 is 1.07 bits per heavy atom. The third kappa shape index (κ3) is 6.72. The summed E-state index contributed by atoms with van der Waals surface area (Å²) in [6.07, 6.45) is 9.76. The summed E-state index contributed by atoms with van der Waals surface area (Å²) in [6.45, 7) is 12.9. The minimum Gasteiger partial charge on any atom is -0.387 e. The Kier molecular flexibility index (Phi) is 8.19. The number of hydrogen-bond acceptors (Lipinski definition) is 1. The monoisotopic (exact) mass is 411 g/mol. The van der Waals surface area contributed by atoms with Gasteiger partial charge in [-0.2, -0.15) is 0 Å². The van der Waals surface area contributed by atoms with Gasteiger partial charge >= 0.3 is 0 Å². The molecule has 0 saturated heterocycles. The number of aromatic nitrogens is 1. The molecule has 1 aromatic carbocycles. The van der Waals surface area contributed by atoms with Crippen molar-refractivity contribution in [2.75, 3.05) is 13.1 Å². The van der Waals surface area contributed by atoms with Crippen molar-refractivity contribution < 1.29 is 10.0 Å². The molecule has 1 unspecified atom stereocenters. The van der Waals surface area contributed by atoms with Crippen LogP contribution in [0.2, 0.25) is 0 Å². The number of benzene rings is 1. The van der Waals surface area contributed by atoms with E-state index in [1.165, 1.54) is 55.5 Å². The summed E-state index contributed by atoms with van der Waals surface area (Å²) in [5, 5.41) is 10.4. The van der Waals surface area contributed by atoms with Gasteiger partial charge in [0.2, 0.25) is 0 Å². The number of aliphatic hydroxyl groups is 1. The highest BCUT2D eigenvalue weighted by atomic mass is 16.3. The van der Waals surface area contributed by atoms with Gasteiger partial charge in [-0.1, -0.05) is 71.2 Å². The largest absolute Gasteiger partial charge is 0.387 e. The maximum atomic E-state index is 10.4. The quantitative estimate of drug-likeness (QED) is 0.622. The molecule has 0 radical (unpaired) electrons. The summed E-state index contributed by atoms with van der Waals surface area (Å²) in [7, 11) is 0. The van der Waals surface area contributed by atoms with Crippen molar-refractivity contribution in [2.24, 2.45) is 5.92 Å². The summed E-state index contributed by atoms with van der Waals surface area (Å²) in [4.78, 5) is 1.54. The Hall–Kier alpha value is -1.58. The maximum Gasteiger partial charge on any atom is 0.118 e. The average Bonchev–Trinajstić information content (AvgIpc) is 3.14. The van der Waals surface area contributed by atoms with Crippen LogP contribution in [-0.4, -0.2) is 28.9 Å². The molecule has 2 aromatic rings. The standard InChI is InChI=1S/C27H42N2O/c1-5-26(30)21-28(18-22-10-7-6-8-11-22)20-25-12-9-17-29(25)19-23-13-15-24(16-14-23)27(2,3)4/h9,12-17,22,26,30H,5-8,10-11,18-21H2,1-4H3/p+1/t26-/m0/s1. The van der Waals surface area contributed by atoms with Crippen molar-refractivity contribution in [3.05, 3.63) is 59.4 Å². The number of aliphatic hydroxyl groups excluding tert-OH is 1. The molecule has 1 aliphatic rings. The first-order valence-electron chi connectivity index (χ1n) is 12.1. The van der Waals surface area contributed by atoms with Crippen LogP contribution in [0, 0.1) is 5.92 Å². The van der Waals surface area contributed by atoms with E-state index in [9.17, 15) is 5.11 Å². The van der Waals surface area contributed by atoms with Gasteiger partial charge in [0.15, 0.2) is 0 Å². The van der Waals surface area contributed by atoms with Gasteiger partial charge in [-0.05, 0) is 47.9 Å². The molecule has 0 bridgehead atoms. The molecule has 3 rings (SSSR count). The number of hydrogen-bond donors (Lipinski definition) is 2. The van der Waals surface area contributed by atoms with Crippen LogP contribution in [0.3, 0.4) is 0 Å². The first kappa shape index (κ1) is 23.1. The van der Waals surface area contributed by atoms with Crippen molar-refractivity contribution >= 4 is 0 Å². The van der Waals surface area contributed by atoms with Crippen LogP contribution in [0.25, 0.3) is 0 Å². The molecule has 3 heteroatoms. The lowest BCUT2D eigenvalue weighted by atomic mass is 9.87. The molecule has 3 nitrogen and oxygen atoms in total. The van der Waals surface area contributed by atoms with Gasteiger partial charge in [0, 0.05) is 18.7 Å². The molecule has 30 heavy (non-hydrogen) atoms. The Morgan fingerprint density at radius 3 is 2.40 bits per heavy atom. The fourth-order valence-electron chi connectivity index (χ4n) is 4.83. The highest BCUT2D eigenvalue weighted by Crippen LogP contribution is 2.23. The normalized spacial score (nSPS) is 17.8. The van der Waals surface area contributed by atoms with Gasteiger partial charge in [-0.3, -0.25) is 0 Å². The average molecular weight is 412 g/mol. The zero-order valence-corrected chi connectivity index (χ0v) is 19.7. The predicted molar refractivity (Wildman–Crippen MR) is 126 cm³/mol. The zero-order valence-electron chi connectivity index (χ0n) is 19.7. The molecular weight excluding hydrogens is 368 g/mol. The lowest BCUT2D eigenvalue weighted by Gasteiger charge is -2.29. The highest BCUT2D eigenvalue weighted by Gasteiger charge is 2.23. The van der Waals surface area contributed by atoms with Crippen LogP contribution in [0.5, 0.6) is 0 Å². The molecular formula is C27H43N2O+. The van der Waals surface area contributed by atoms with Crippen molar-refractivity contribution in [3.63, 3.8) is 0 Å². The second kappa shape index (κ2) is 10.6. The SMILES string of the molecule is CC[C@H](O)C[NH+](Cc1cccn1Cc1ccc(C(C)(C)C)cc1)CC1CCCCC1. The summed E-state index contributed by atoms with van der Waals surface area (Å²) < 4.78 is 2.39. The van der Waals surface area contributed by atoms with Crippen molar-refractivity contribution in [1.29, 1.82) is 0 Å². The van der Waals surface area contributed by atoms with Gasteiger partial charge in [-0.15, -0.1) is 0 Å². The van der Waals surface area contributed by atoms with Gasteiger partial charge in [0.25, 0.3) is 0 Å². The number of rotatable bonds is 9. The second-order valence-electron chi connectivity index (χ2n) is 10.5. The maximum absolute atomic E-state index is 10.4. The molecule has 0 aliphatic heterocycles. The first-order chi connectivity index (χ1) is 14.3. The highest BCUT2D eigenvalue weighted by molar-refractivity contribution is 5.28. The van der Waals surface area contributed by atoms with Gasteiger partial charge in [-0.25, -0.2) is 0 Å². The van der Waals surface area contributed by atoms with E-state index in [4.69, 9.17) is 0 Å². The summed E-state index contributed by atoms with van der Waals surface area (Å²) in [5.74, 6) is 0.825. The molecule has 166 valence electrons. The fourth-order valence-corrected chi connectivity index (χ4v) is 4.83. The van der Waals surface area contributed by atoms with Crippen LogP contribution in [-0.2, 0) is 18.5 Å². The topological polar surface area (TPSA) is 29.6 Å². The fraction of sp³-hybridized carbons (Fsp3) is 0.630. The molecule has 2 atom stereocenters. The van der Waals surface area contributed by atoms with Crippen molar-refractivity contribution in [1.82, 2.24) is 4.57 Å². The van der Waals surface area contributed by atoms with E-state index in [1.807, 2.05) is 0 Å². The van der Waals surface area contributed by atoms with E-state index in [1.54, 1.807) is 4.90 Å². The van der Waals surface area contributed by atoms with Crippen LogP contribution >= 0.6 is 0 Å². The van der Waals surface area contributed by atoms with Crippen LogP contribution in [0.1, 0.15) is 83.0 Å². The van der Waals surface area contributed by atoms with E-state index in [-0.39, 0.29) is 11.5 Å². The Balaban J connectivity index is 1.67. The third-order valence-electron chi connectivity index (χ3n) is 6.83. The van der Waals surface area contributed by atoms with E-state index in [2.05, 4.69) is 74.9 Å². The zero-order chi connectivity index (χ0) is 21.6. The van der Waals surface area contributed by atoms with Crippen LogP contribution < -0.4 is 4.90 Å². The second-order valence-corrected chi connectivity index (χ2v) is 10.5. The predicted octanol–water partition coefficient (Wildman–Crippen LogP) is 4.57. The summed E-state index contributed by atoms with van der Waals surface area (Å²) >= 11 is 0. The molecule has 1 heterocycles. The van der Waals surface area contributed by atoms with Gasteiger partial charge in [0.1, 0.15) is 19.2 Å². The van der Waals surface area contributed by atoms with E-state index in [0.717, 1.165) is 32.0 Å². The van der Waals surface area contributed by atoms with E-state index < -0.39 is 0 Å². The molecule has 0 spiro atoms. The van der Waals surface area contributed by atoms with Crippen LogP contribution in [0.15, 0.2) is 42.6 Å². The smallest absolute Gasteiger partial charge is 0.118 e. The summed E-state index contributed by atoms with van der Waals surface area (Å²) in [6, 6.07) is 13.5. The van der Waals surface area contributed by atoms with Crippen LogP contribution in [0.4, 0.5) is 0 Å². The third-order valence-corrected chi connectivity index (χ3v) is 6.83. The first-order valence-corrected chi connectivity index (χ1v) is 12.1. The van der Waals surface area contributed by atoms with Gasteiger partial charge < -0.3 is 14.6 Å². The number of nitrogens with one attached hydrogen (secondary N) is 1.